The Bertz CT molecular complexity index is 1620. The number of nitrogens with one attached hydrogen (secondary N) is 3. The second-order valence-electron chi connectivity index (χ2n) is 9.36. The standard InChI is InChI=1S/C32H31N3O4/c1-39-30-15-11-24(19-27(30)22-5-3-2-4-6-22)34-23-9-7-21(8-10-23)17-18-33-20-29(37)25-12-14-28(36)32-26(25)13-16-31(38)35-32/h2-16,19,29,33-34,36-37H,17-18,20H2,1H3,(H,35,38). The van der Waals surface area contributed by atoms with Gasteiger partial charge in [-0.3, -0.25) is 4.79 Å². The normalized spacial score (nSPS) is 11.8. The lowest BCUT2D eigenvalue weighted by Gasteiger charge is -2.15. The van der Waals surface area contributed by atoms with E-state index in [1.807, 2.05) is 30.3 Å². The average molecular weight is 522 g/mol. The van der Waals surface area contributed by atoms with Crippen molar-refractivity contribution in [2.75, 3.05) is 25.5 Å². The third kappa shape index (κ3) is 6.12. The molecule has 5 N–H and O–H groups in total. The Balaban J connectivity index is 1.16. The number of aliphatic hydroxyl groups is 1. The largest absolute Gasteiger partial charge is 0.506 e. The van der Waals surface area contributed by atoms with Crippen LogP contribution < -0.4 is 20.9 Å². The molecule has 0 aliphatic heterocycles. The zero-order valence-corrected chi connectivity index (χ0v) is 21.6. The van der Waals surface area contributed by atoms with E-state index in [2.05, 4.69) is 58.1 Å². The number of phenols is 1. The van der Waals surface area contributed by atoms with Crippen molar-refractivity contribution >= 4 is 22.3 Å². The van der Waals surface area contributed by atoms with E-state index in [0.29, 0.717) is 29.6 Å². The molecule has 1 aromatic heterocycles. The highest BCUT2D eigenvalue weighted by molar-refractivity contribution is 5.87. The molecule has 7 nitrogen and oxygen atoms in total. The third-order valence-electron chi connectivity index (χ3n) is 6.72. The molecule has 5 aromatic rings. The summed E-state index contributed by atoms with van der Waals surface area (Å²) in [6.07, 6.45) is 0.0213. The van der Waals surface area contributed by atoms with Gasteiger partial charge >= 0.3 is 0 Å². The fourth-order valence-electron chi connectivity index (χ4n) is 4.68. The molecule has 7 heteroatoms. The minimum Gasteiger partial charge on any atom is -0.506 e. The fourth-order valence-corrected chi connectivity index (χ4v) is 4.68. The Hall–Kier alpha value is -4.59. The molecule has 1 heterocycles. The van der Waals surface area contributed by atoms with Crippen LogP contribution in [-0.4, -0.2) is 35.4 Å². The molecule has 0 aliphatic carbocycles. The van der Waals surface area contributed by atoms with Gasteiger partial charge in [0.1, 0.15) is 11.5 Å². The topological polar surface area (TPSA) is 107 Å². The summed E-state index contributed by atoms with van der Waals surface area (Å²) < 4.78 is 5.56. The van der Waals surface area contributed by atoms with Crippen LogP contribution in [0.3, 0.4) is 0 Å². The van der Waals surface area contributed by atoms with Gasteiger partial charge in [0.15, 0.2) is 0 Å². The van der Waals surface area contributed by atoms with Gasteiger partial charge in [-0.2, -0.15) is 0 Å². The van der Waals surface area contributed by atoms with E-state index < -0.39 is 6.10 Å². The summed E-state index contributed by atoms with van der Waals surface area (Å²) in [4.78, 5) is 14.2. The molecule has 0 amide bonds. The molecule has 0 radical (unpaired) electrons. The maximum Gasteiger partial charge on any atom is 0.248 e. The van der Waals surface area contributed by atoms with Crippen LogP contribution in [0, 0.1) is 0 Å². The van der Waals surface area contributed by atoms with E-state index in [0.717, 1.165) is 34.7 Å². The summed E-state index contributed by atoms with van der Waals surface area (Å²) in [6.45, 7) is 1.04. The minimum atomic E-state index is -0.782. The number of methoxy groups -OCH3 is 1. The summed E-state index contributed by atoms with van der Waals surface area (Å²) in [5.74, 6) is 0.807. The minimum absolute atomic E-state index is 0.0202. The number of rotatable bonds is 10. The van der Waals surface area contributed by atoms with Gasteiger partial charge in [0.2, 0.25) is 5.56 Å². The van der Waals surface area contributed by atoms with Crippen molar-refractivity contribution in [3.63, 3.8) is 0 Å². The lowest BCUT2D eigenvalue weighted by Crippen LogP contribution is -2.24. The molecule has 198 valence electrons. The van der Waals surface area contributed by atoms with Crippen molar-refractivity contribution in [1.82, 2.24) is 10.3 Å². The van der Waals surface area contributed by atoms with Crippen LogP contribution in [0.4, 0.5) is 11.4 Å². The monoisotopic (exact) mass is 521 g/mol. The number of aromatic nitrogens is 1. The lowest BCUT2D eigenvalue weighted by molar-refractivity contribution is 0.176. The molecular weight excluding hydrogens is 490 g/mol. The molecule has 1 atom stereocenters. The van der Waals surface area contributed by atoms with Crippen LogP contribution in [0.25, 0.3) is 22.0 Å². The number of hydrogen-bond donors (Lipinski definition) is 5. The molecule has 0 spiro atoms. The van der Waals surface area contributed by atoms with Crippen molar-refractivity contribution in [1.29, 1.82) is 0 Å². The van der Waals surface area contributed by atoms with Crippen LogP contribution >= 0.6 is 0 Å². The molecule has 0 saturated heterocycles. The molecular formula is C32H31N3O4. The zero-order chi connectivity index (χ0) is 27.2. The number of aliphatic hydroxyl groups excluding tert-OH is 1. The van der Waals surface area contributed by atoms with Gasteiger partial charge in [0.25, 0.3) is 0 Å². The van der Waals surface area contributed by atoms with Crippen molar-refractivity contribution in [3.05, 3.63) is 119 Å². The number of aromatic hydroxyl groups is 1. The maximum absolute atomic E-state index is 11.6. The maximum atomic E-state index is 11.6. The number of benzene rings is 4. The Morgan fingerprint density at radius 1 is 0.897 bits per heavy atom. The van der Waals surface area contributed by atoms with Crippen LogP contribution in [0.15, 0.2) is 102 Å². The molecule has 5 rings (SSSR count). The second-order valence-corrected chi connectivity index (χ2v) is 9.36. The first-order valence-electron chi connectivity index (χ1n) is 12.8. The number of ether oxygens (including phenoxy) is 1. The van der Waals surface area contributed by atoms with Crippen LogP contribution in [0.1, 0.15) is 17.2 Å². The molecule has 4 aromatic carbocycles. The highest BCUT2D eigenvalue weighted by atomic mass is 16.5. The van der Waals surface area contributed by atoms with Gasteiger partial charge < -0.3 is 30.6 Å². The summed E-state index contributed by atoms with van der Waals surface area (Å²) in [7, 11) is 1.68. The predicted molar refractivity (Wildman–Crippen MR) is 156 cm³/mol. The first-order valence-corrected chi connectivity index (χ1v) is 12.8. The molecule has 0 bridgehead atoms. The molecule has 0 saturated carbocycles. The Morgan fingerprint density at radius 2 is 1.67 bits per heavy atom. The summed E-state index contributed by atoms with van der Waals surface area (Å²) >= 11 is 0. The van der Waals surface area contributed by atoms with Gasteiger partial charge in [-0.15, -0.1) is 0 Å². The van der Waals surface area contributed by atoms with Crippen LogP contribution in [-0.2, 0) is 6.42 Å². The second kappa shape index (κ2) is 11.9. The Kier molecular flexibility index (Phi) is 7.91. The summed E-state index contributed by atoms with van der Waals surface area (Å²) in [5.41, 5.74) is 5.95. The van der Waals surface area contributed by atoms with E-state index in [1.165, 1.54) is 17.7 Å². The quantitative estimate of drug-likeness (QED) is 0.155. The van der Waals surface area contributed by atoms with Crippen LogP contribution in [0.5, 0.6) is 11.5 Å². The highest BCUT2D eigenvalue weighted by Gasteiger charge is 2.14. The number of aromatic amines is 1. The first kappa shape index (κ1) is 26.0. The van der Waals surface area contributed by atoms with Crippen molar-refractivity contribution in [3.8, 4) is 22.6 Å². The average Bonchev–Trinajstić information content (AvgIpc) is 2.97. The smallest absolute Gasteiger partial charge is 0.248 e. The van der Waals surface area contributed by atoms with Crippen molar-refractivity contribution < 1.29 is 14.9 Å². The first-order chi connectivity index (χ1) is 19.0. The predicted octanol–water partition coefficient (Wildman–Crippen LogP) is 5.52. The SMILES string of the molecule is COc1ccc(Nc2ccc(CCNCC(O)c3ccc(O)c4[nH]c(=O)ccc34)cc2)cc1-c1ccccc1. The van der Waals surface area contributed by atoms with Gasteiger partial charge in [-0.1, -0.05) is 48.5 Å². The summed E-state index contributed by atoms with van der Waals surface area (Å²) in [6, 6.07) is 30.7. The van der Waals surface area contributed by atoms with E-state index in [1.54, 1.807) is 19.2 Å². The number of pyridine rings is 1. The van der Waals surface area contributed by atoms with Crippen LogP contribution in [0.2, 0.25) is 0 Å². The summed E-state index contributed by atoms with van der Waals surface area (Å²) in [5, 5.41) is 28.2. The molecule has 39 heavy (non-hydrogen) atoms. The van der Waals surface area contributed by atoms with E-state index in [-0.39, 0.29) is 11.3 Å². The molecule has 1 unspecified atom stereocenters. The zero-order valence-electron chi connectivity index (χ0n) is 21.6. The van der Waals surface area contributed by atoms with E-state index >= 15 is 0 Å². The number of hydrogen-bond acceptors (Lipinski definition) is 6. The van der Waals surface area contributed by atoms with Gasteiger partial charge in [0.05, 0.1) is 18.7 Å². The fraction of sp³-hybridized carbons (Fsp3) is 0.156. The van der Waals surface area contributed by atoms with Crippen molar-refractivity contribution in [2.45, 2.75) is 12.5 Å². The molecule has 0 aliphatic rings. The highest BCUT2D eigenvalue weighted by Crippen LogP contribution is 2.33. The van der Waals surface area contributed by atoms with Gasteiger partial charge in [-0.25, -0.2) is 0 Å². The number of H-pyrrole nitrogens is 1. The number of anilines is 2. The Labute approximate surface area is 226 Å². The number of fused-ring (bicyclic) bond motifs is 1. The third-order valence-corrected chi connectivity index (χ3v) is 6.72. The van der Waals surface area contributed by atoms with E-state index in [4.69, 9.17) is 4.74 Å². The Morgan fingerprint density at radius 3 is 2.44 bits per heavy atom. The van der Waals surface area contributed by atoms with Crippen molar-refractivity contribution in [2.24, 2.45) is 0 Å². The van der Waals surface area contributed by atoms with Gasteiger partial charge in [-0.05, 0) is 72.1 Å². The van der Waals surface area contributed by atoms with Gasteiger partial charge in [0, 0.05) is 34.9 Å². The van der Waals surface area contributed by atoms with E-state index in [9.17, 15) is 15.0 Å². The molecule has 0 fully saturated rings. The lowest BCUT2D eigenvalue weighted by atomic mass is 10.0. The number of phenolic OH excluding ortho intramolecular Hbond substituents is 1.